The van der Waals surface area contributed by atoms with Crippen molar-refractivity contribution in [2.75, 3.05) is 13.2 Å². The number of nitrogens with one attached hydrogen (secondary N) is 2. The molecule has 1 aromatic heterocycles. The maximum Gasteiger partial charge on any atom is 0.339 e. The Morgan fingerprint density at radius 2 is 2.00 bits per heavy atom. The van der Waals surface area contributed by atoms with E-state index in [1.54, 1.807) is 24.3 Å². The number of aromatic amines is 1. The summed E-state index contributed by atoms with van der Waals surface area (Å²) in [6.45, 7) is 4.47. The Morgan fingerprint density at radius 1 is 1.23 bits per heavy atom. The van der Waals surface area contributed by atoms with E-state index in [0.717, 1.165) is 25.7 Å². The minimum absolute atomic E-state index is 0.159. The van der Waals surface area contributed by atoms with Crippen LogP contribution in [-0.2, 0) is 9.53 Å². The topological polar surface area (TPSA) is 88.3 Å². The van der Waals surface area contributed by atoms with Crippen molar-refractivity contribution in [2.24, 2.45) is 5.92 Å². The molecule has 0 aliphatic heterocycles. The van der Waals surface area contributed by atoms with E-state index in [4.69, 9.17) is 4.74 Å². The molecule has 1 amide bonds. The second kappa shape index (κ2) is 9.75. The first-order valence-electron chi connectivity index (χ1n) is 9.11. The van der Waals surface area contributed by atoms with Crippen LogP contribution in [-0.4, -0.2) is 30.0 Å². The summed E-state index contributed by atoms with van der Waals surface area (Å²) in [7, 11) is 0. The van der Waals surface area contributed by atoms with Crippen LogP contribution in [0.5, 0.6) is 0 Å². The first-order valence-corrected chi connectivity index (χ1v) is 9.11. The number of H-pyrrole nitrogens is 1. The van der Waals surface area contributed by atoms with Gasteiger partial charge >= 0.3 is 5.97 Å². The van der Waals surface area contributed by atoms with Crippen LogP contribution in [0, 0.1) is 5.92 Å². The molecule has 0 bridgehead atoms. The molecule has 1 atom stereocenters. The predicted molar refractivity (Wildman–Crippen MR) is 101 cm³/mol. The molecule has 140 valence electrons. The number of unbranched alkanes of at least 4 members (excludes halogenated alkanes) is 1. The fourth-order valence-electron chi connectivity index (χ4n) is 2.83. The van der Waals surface area contributed by atoms with Crippen LogP contribution in [0.2, 0.25) is 0 Å². The Labute approximate surface area is 152 Å². The number of hydrogen-bond donors (Lipinski definition) is 2. The van der Waals surface area contributed by atoms with Crippen molar-refractivity contribution in [3.8, 4) is 0 Å². The molecule has 0 unspecified atom stereocenters. The van der Waals surface area contributed by atoms with Gasteiger partial charge in [-0.3, -0.25) is 9.59 Å². The monoisotopic (exact) mass is 358 g/mol. The van der Waals surface area contributed by atoms with Crippen molar-refractivity contribution in [1.29, 1.82) is 0 Å². The minimum atomic E-state index is -0.680. The molecule has 0 saturated heterocycles. The fraction of sp³-hybridized carbons (Fsp3) is 0.450. The lowest BCUT2D eigenvalue weighted by atomic mass is 9.99. The number of pyridine rings is 1. The molecule has 0 aliphatic carbocycles. The molecular weight excluding hydrogens is 332 g/mol. The predicted octanol–water partition coefficient (Wildman–Crippen LogP) is 3.02. The molecule has 0 spiro atoms. The van der Waals surface area contributed by atoms with Crippen LogP contribution in [0.25, 0.3) is 10.9 Å². The minimum Gasteiger partial charge on any atom is -0.452 e. The van der Waals surface area contributed by atoms with Gasteiger partial charge in [-0.05, 0) is 18.4 Å². The average molecular weight is 358 g/mol. The third-order valence-electron chi connectivity index (χ3n) is 4.44. The number of hydrogen-bond acceptors (Lipinski definition) is 4. The van der Waals surface area contributed by atoms with Crippen molar-refractivity contribution < 1.29 is 14.3 Å². The third-order valence-corrected chi connectivity index (χ3v) is 4.44. The van der Waals surface area contributed by atoms with E-state index in [0.29, 0.717) is 23.4 Å². The highest BCUT2D eigenvalue weighted by Gasteiger charge is 2.15. The molecule has 6 nitrogen and oxygen atoms in total. The van der Waals surface area contributed by atoms with Gasteiger partial charge in [0.1, 0.15) is 0 Å². The number of fused-ring (bicyclic) bond motifs is 1. The van der Waals surface area contributed by atoms with Gasteiger partial charge < -0.3 is 15.0 Å². The van der Waals surface area contributed by atoms with Crippen molar-refractivity contribution in [1.82, 2.24) is 10.3 Å². The maximum absolute atomic E-state index is 12.3. The summed E-state index contributed by atoms with van der Waals surface area (Å²) in [5.74, 6) is -0.575. The van der Waals surface area contributed by atoms with E-state index in [1.165, 1.54) is 6.07 Å². The fourth-order valence-corrected chi connectivity index (χ4v) is 2.83. The highest BCUT2D eigenvalue weighted by molar-refractivity contribution is 6.03. The molecule has 0 aliphatic rings. The second-order valence-corrected chi connectivity index (χ2v) is 6.39. The van der Waals surface area contributed by atoms with Gasteiger partial charge in [-0.2, -0.15) is 0 Å². The van der Waals surface area contributed by atoms with Crippen molar-refractivity contribution in [3.05, 3.63) is 46.2 Å². The zero-order valence-corrected chi connectivity index (χ0v) is 15.3. The number of para-hydroxylation sites is 1. The molecule has 2 rings (SSSR count). The largest absolute Gasteiger partial charge is 0.452 e. The van der Waals surface area contributed by atoms with E-state index in [1.807, 2.05) is 0 Å². The molecule has 0 fully saturated rings. The zero-order chi connectivity index (χ0) is 18.9. The number of esters is 1. The Balaban J connectivity index is 1.92. The molecule has 6 heteroatoms. The Hall–Kier alpha value is -2.63. The number of carbonyl (C=O) groups excluding carboxylic acids is 2. The smallest absolute Gasteiger partial charge is 0.339 e. The van der Waals surface area contributed by atoms with Gasteiger partial charge in [-0.25, -0.2) is 4.79 Å². The zero-order valence-electron chi connectivity index (χ0n) is 15.3. The summed E-state index contributed by atoms with van der Waals surface area (Å²) in [5, 5.41) is 3.40. The molecule has 0 saturated carbocycles. The summed E-state index contributed by atoms with van der Waals surface area (Å²) in [6, 6.07) is 8.16. The van der Waals surface area contributed by atoms with E-state index >= 15 is 0 Å². The van der Waals surface area contributed by atoms with Crippen molar-refractivity contribution >= 4 is 22.8 Å². The van der Waals surface area contributed by atoms with Crippen LogP contribution in [0.1, 0.15) is 49.9 Å². The van der Waals surface area contributed by atoms with Gasteiger partial charge in [0.2, 0.25) is 5.56 Å². The van der Waals surface area contributed by atoms with E-state index < -0.39 is 5.97 Å². The number of carbonyl (C=O) groups is 2. The lowest BCUT2D eigenvalue weighted by Gasteiger charge is -2.15. The summed E-state index contributed by atoms with van der Waals surface area (Å²) in [5.41, 5.74) is 0.325. The number of benzene rings is 1. The second-order valence-electron chi connectivity index (χ2n) is 6.39. The highest BCUT2D eigenvalue weighted by Crippen LogP contribution is 2.15. The van der Waals surface area contributed by atoms with Crippen LogP contribution in [0.3, 0.4) is 0 Å². The van der Waals surface area contributed by atoms with Crippen LogP contribution >= 0.6 is 0 Å². The van der Waals surface area contributed by atoms with Crippen LogP contribution < -0.4 is 10.9 Å². The van der Waals surface area contributed by atoms with Crippen LogP contribution in [0.15, 0.2) is 35.1 Å². The summed E-state index contributed by atoms with van der Waals surface area (Å²) in [4.78, 5) is 38.6. The highest BCUT2D eigenvalue weighted by atomic mass is 16.5. The van der Waals surface area contributed by atoms with Gasteiger partial charge in [0.25, 0.3) is 5.91 Å². The Kier molecular flexibility index (Phi) is 7.38. The van der Waals surface area contributed by atoms with E-state index in [2.05, 4.69) is 24.1 Å². The molecular formula is C20H26N2O4. The standard InChI is InChI=1S/C20H26N2O4/c1-3-5-8-14(4-2)12-21-19(24)13-26-20(25)16-11-18(23)22-17-10-7-6-9-15(16)17/h6-7,9-11,14H,3-5,8,12-13H2,1-2H3,(H,21,24)(H,22,23)/t14-/m1/s1. The van der Waals surface area contributed by atoms with E-state index in [-0.39, 0.29) is 23.6 Å². The van der Waals surface area contributed by atoms with Gasteiger partial charge in [0, 0.05) is 23.5 Å². The molecule has 0 radical (unpaired) electrons. The lowest BCUT2D eigenvalue weighted by Crippen LogP contribution is -2.33. The average Bonchev–Trinajstić information content (AvgIpc) is 2.65. The Morgan fingerprint density at radius 3 is 2.73 bits per heavy atom. The first kappa shape index (κ1) is 19.7. The maximum atomic E-state index is 12.3. The molecule has 1 heterocycles. The summed E-state index contributed by atoms with van der Waals surface area (Å²) >= 11 is 0. The van der Waals surface area contributed by atoms with E-state index in [9.17, 15) is 14.4 Å². The SMILES string of the molecule is CCCC[C@@H](CC)CNC(=O)COC(=O)c1cc(=O)[nH]c2ccccc12. The van der Waals surface area contributed by atoms with Gasteiger partial charge in [0.05, 0.1) is 5.56 Å². The third kappa shape index (κ3) is 5.44. The van der Waals surface area contributed by atoms with Gasteiger partial charge in [-0.15, -0.1) is 0 Å². The van der Waals surface area contributed by atoms with Crippen molar-refractivity contribution in [3.63, 3.8) is 0 Å². The summed E-state index contributed by atoms with van der Waals surface area (Å²) in [6.07, 6.45) is 4.34. The quantitative estimate of drug-likeness (QED) is 0.675. The Bertz CT molecular complexity index is 813. The number of aromatic nitrogens is 1. The number of ether oxygens (including phenoxy) is 1. The van der Waals surface area contributed by atoms with Crippen LogP contribution in [0.4, 0.5) is 0 Å². The van der Waals surface area contributed by atoms with Gasteiger partial charge in [-0.1, -0.05) is 51.3 Å². The summed E-state index contributed by atoms with van der Waals surface area (Å²) < 4.78 is 5.10. The number of amides is 1. The molecule has 26 heavy (non-hydrogen) atoms. The molecule has 2 N–H and O–H groups in total. The first-order chi connectivity index (χ1) is 12.5. The lowest BCUT2D eigenvalue weighted by molar-refractivity contribution is -0.124. The van der Waals surface area contributed by atoms with Crippen molar-refractivity contribution in [2.45, 2.75) is 39.5 Å². The number of rotatable bonds is 9. The normalized spacial score (nSPS) is 11.9. The van der Waals surface area contributed by atoms with Gasteiger partial charge in [0.15, 0.2) is 6.61 Å². The molecule has 2 aromatic rings. The molecule has 1 aromatic carbocycles.